The minimum Gasteiger partial charge on any atom is -2.00 e. The number of carboxylic acid groups (broad SMARTS) is 1. The van der Waals surface area contributed by atoms with Crippen LogP contribution in [0.2, 0.25) is 0 Å². The Morgan fingerprint density at radius 3 is 1.20 bits per heavy atom. The average molecular weight is 196 g/mol. The van der Waals surface area contributed by atoms with Crippen LogP contribution in [0.3, 0.4) is 0 Å². The summed E-state index contributed by atoms with van der Waals surface area (Å²) >= 11 is 0. The van der Waals surface area contributed by atoms with Gasteiger partial charge < -0.3 is 32.5 Å². The fourth-order valence-corrected chi connectivity index (χ4v) is 0. The first-order valence-electron chi connectivity index (χ1n) is 0.928. The molecule has 0 amide bonds. The van der Waals surface area contributed by atoms with E-state index in [0.717, 1.165) is 6.92 Å². The molecule has 0 rings (SSSR count). The molecule has 69 valence electrons. The number of aliphatic carboxylic acids is 1. The topological polar surface area (TPSA) is 187 Å². The fraction of sp³-hybridized carbons (Fsp3) is 0.500. The van der Waals surface area contributed by atoms with Crippen molar-refractivity contribution >= 4 is 5.97 Å². The predicted octanol–water partition coefficient (Wildman–Crippen LogP) is -1.98. The maximum absolute atomic E-state index is 9.00. The molecule has 0 heterocycles. The molecule has 8 heteroatoms. The second-order valence-electron chi connectivity index (χ2n) is 0.519. The largest absolute Gasteiger partial charge is 2.00 e. The first-order valence-corrected chi connectivity index (χ1v) is 0.928. The Balaban J connectivity index is -0.00000000300. The monoisotopic (exact) mass is 196 g/mol. The minimum atomic E-state index is -0.833. The summed E-state index contributed by atoms with van der Waals surface area (Å²) in [5.74, 6) is -0.833. The smallest absolute Gasteiger partial charge is 0.300 e. The molecule has 0 aliphatic heterocycles. The third kappa shape index (κ3) is 17400. The molecule has 0 aliphatic carbocycles. The standard InChI is InChI=1S/C2H4O2.3H2O.2O.V/c1-2(3)4;;;;;;/h1H3,(H,3,4);3*1H2;;;/q;;;;2*-2;/p-1. The normalized spacial score (nSPS) is 2.50. The zero-order valence-electron chi connectivity index (χ0n) is 5.07. The summed E-state index contributed by atoms with van der Waals surface area (Å²) in [4.78, 5) is 9.00. The molecule has 0 unspecified atom stereocenters. The van der Waals surface area contributed by atoms with E-state index >= 15 is 0 Å². The Labute approximate surface area is 69.5 Å². The van der Waals surface area contributed by atoms with Gasteiger partial charge in [-0.1, -0.05) is 0 Å². The summed E-state index contributed by atoms with van der Waals surface area (Å²) in [7, 11) is 0. The Bertz CT molecular complexity index is 34.6. The van der Waals surface area contributed by atoms with Crippen LogP contribution in [-0.2, 0) is 34.3 Å². The molecular formula is C2H9O7V-5. The third-order valence-electron chi connectivity index (χ3n) is 0. The van der Waals surface area contributed by atoms with Crippen molar-refractivity contribution in [2.75, 3.05) is 0 Å². The number of carbonyl (C=O) groups is 1. The second kappa shape index (κ2) is 67.0. The van der Waals surface area contributed by atoms with Crippen LogP contribution >= 0.6 is 0 Å². The van der Waals surface area contributed by atoms with Crippen molar-refractivity contribution in [3.63, 3.8) is 0 Å². The first kappa shape index (κ1) is 94.8. The van der Waals surface area contributed by atoms with Gasteiger partial charge in [0.15, 0.2) is 0 Å². The van der Waals surface area contributed by atoms with Crippen LogP contribution in [0.4, 0.5) is 0 Å². The van der Waals surface area contributed by atoms with Gasteiger partial charge >= 0.3 is 0 Å². The number of hydrogen-bond acceptors (Lipinski definition) is 2. The molecular weight excluding hydrogens is 187 g/mol. The van der Waals surface area contributed by atoms with Crippen LogP contribution in [0.5, 0.6) is 0 Å². The summed E-state index contributed by atoms with van der Waals surface area (Å²) < 4.78 is 0. The number of hydrogen-bond donors (Lipinski definition) is 1. The van der Waals surface area contributed by atoms with E-state index in [1.165, 1.54) is 0 Å². The molecule has 0 aliphatic rings. The van der Waals surface area contributed by atoms with Crippen LogP contribution in [0, 0.1) is 0 Å². The van der Waals surface area contributed by atoms with Gasteiger partial charge in [-0.05, 0) is 0 Å². The Hall–Kier alpha value is -0.146. The SMILES string of the molecule is CC(=O)O.O.O.[O-2].[O-2].[OH-].[V]. The molecule has 7 nitrogen and oxygen atoms in total. The van der Waals surface area contributed by atoms with Crippen molar-refractivity contribution in [3.8, 4) is 0 Å². The van der Waals surface area contributed by atoms with Crippen molar-refractivity contribution < 1.29 is 55.8 Å². The summed E-state index contributed by atoms with van der Waals surface area (Å²) in [6.45, 7) is 1.08. The van der Waals surface area contributed by atoms with E-state index in [1.54, 1.807) is 0 Å². The van der Waals surface area contributed by atoms with Gasteiger partial charge in [0.05, 0.1) is 0 Å². The Morgan fingerprint density at radius 1 is 1.20 bits per heavy atom. The maximum Gasteiger partial charge on any atom is 0.300 e. The van der Waals surface area contributed by atoms with Crippen LogP contribution < -0.4 is 0 Å². The van der Waals surface area contributed by atoms with E-state index in [1.807, 2.05) is 0 Å². The Kier molecular flexibility index (Phi) is 636. The number of carboxylic acids is 1. The summed E-state index contributed by atoms with van der Waals surface area (Å²) in [5, 5.41) is 7.42. The molecule has 6 N–H and O–H groups in total. The summed E-state index contributed by atoms with van der Waals surface area (Å²) in [6, 6.07) is 0. The molecule has 10 heavy (non-hydrogen) atoms. The summed E-state index contributed by atoms with van der Waals surface area (Å²) in [5.41, 5.74) is 0. The van der Waals surface area contributed by atoms with E-state index in [-0.39, 0.29) is 45.9 Å². The molecule has 0 saturated carbocycles. The minimum absolute atomic E-state index is 0. The van der Waals surface area contributed by atoms with Gasteiger partial charge in [-0.15, -0.1) is 0 Å². The molecule has 0 aromatic heterocycles. The van der Waals surface area contributed by atoms with E-state index in [4.69, 9.17) is 9.90 Å². The molecule has 0 fully saturated rings. The van der Waals surface area contributed by atoms with E-state index in [9.17, 15) is 0 Å². The molecule has 0 saturated heterocycles. The van der Waals surface area contributed by atoms with E-state index < -0.39 is 5.97 Å². The molecule has 1 radical (unpaired) electrons. The van der Waals surface area contributed by atoms with Crippen LogP contribution in [0.25, 0.3) is 0 Å². The van der Waals surface area contributed by atoms with Crippen LogP contribution in [-0.4, -0.2) is 27.5 Å². The quantitative estimate of drug-likeness (QED) is 0.470. The van der Waals surface area contributed by atoms with Crippen LogP contribution in [0.1, 0.15) is 6.92 Å². The van der Waals surface area contributed by atoms with Gasteiger partial charge in [0.25, 0.3) is 5.97 Å². The predicted molar refractivity (Wildman–Crippen MR) is 23.8 cm³/mol. The first-order chi connectivity index (χ1) is 1.73. The zero-order valence-corrected chi connectivity index (χ0v) is 6.46. The van der Waals surface area contributed by atoms with Crippen molar-refractivity contribution in [1.29, 1.82) is 0 Å². The van der Waals surface area contributed by atoms with Gasteiger partial charge in [-0.2, -0.15) is 0 Å². The van der Waals surface area contributed by atoms with Gasteiger partial charge in [0.1, 0.15) is 0 Å². The second-order valence-corrected chi connectivity index (χ2v) is 0.519. The molecule has 0 atom stereocenters. The Morgan fingerprint density at radius 2 is 1.20 bits per heavy atom. The molecule has 0 aromatic rings. The number of rotatable bonds is 0. The summed E-state index contributed by atoms with van der Waals surface area (Å²) in [6.07, 6.45) is 0. The average Bonchev–Trinajstić information content (AvgIpc) is 0.811. The molecule has 0 spiro atoms. The van der Waals surface area contributed by atoms with Crippen molar-refractivity contribution in [1.82, 2.24) is 0 Å². The zero-order chi connectivity index (χ0) is 3.58. The van der Waals surface area contributed by atoms with Gasteiger partial charge in [-0.3, -0.25) is 4.79 Å². The van der Waals surface area contributed by atoms with Crippen molar-refractivity contribution in [2.24, 2.45) is 0 Å². The fourth-order valence-electron chi connectivity index (χ4n) is 0. The molecule has 0 bridgehead atoms. The van der Waals surface area contributed by atoms with E-state index in [0.29, 0.717) is 0 Å². The third-order valence-corrected chi connectivity index (χ3v) is 0. The van der Waals surface area contributed by atoms with Gasteiger partial charge in [0.2, 0.25) is 0 Å². The van der Waals surface area contributed by atoms with Gasteiger partial charge in [0, 0.05) is 25.5 Å². The van der Waals surface area contributed by atoms with Crippen LogP contribution in [0.15, 0.2) is 0 Å². The van der Waals surface area contributed by atoms with Gasteiger partial charge in [-0.25, -0.2) is 0 Å². The maximum atomic E-state index is 9.00. The van der Waals surface area contributed by atoms with Crippen molar-refractivity contribution in [3.05, 3.63) is 0 Å². The van der Waals surface area contributed by atoms with E-state index in [2.05, 4.69) is 0 Å². The molecule has 0 aromatic carbocycles. The van der Waals surface area contributed by atoms with Crippen molar-refractivity contribution in [2.45, 2.75) is 6.92 Å².